The zero-order chi connectivity index (χ0) is 13.7. The summed E-state index contributed by atoms with van der Waals surface area (Å²) < 4.78 is 0. The smallest absolute Gasteiger partial charge is 0.0627 e. The minimum absolute atomic E-state index is 0.461. The predicted molar refractivity (Wildman–Crippen MR) is 78.9 cm³/mol. The van der Waals surface area contributed by atoms with Crippen LogP contribution in [-0.2, 0) is 0 Å². The Kier molecular flexibility index (Phi) is 5.64. The van der Waals surface area contributed by atoms with Crippen LogP contribution in [0.5, 0.6) is 0 Å². The molecule has 4 heteroatoms. The number of piperidine rings is 2. The molecule has 2 aliphatic rings. The molecule has 0 aromatic carbocycles. The van der Waals surface area contributed by atoms with E-state index in [9.17, 15) is 0 Å². The maximum atomic E-state index is 9.01. The van der Waals surface area contributed by atoms with E-state index in [1.54, 1.807) is 0 Å². The number of hydrogen-bond donors (Lipinski definition) is 1. The number of hydrogen-bond acceptors (Lipinski definition) is 4. The Morgan fingerprint density at radius 1 is 1.32 bits per heavy atom. The Balaban J connectivity index is 1.77. The minimum atomic E-state index is 0.461. The first-order valence-electron chi connectivity index (χ1n) is 7.88. The molecule has 2 rings (SSSR count). The van der Waals surface area contributed by atoms with Crippen LogP contribution in [0.15, 0.2) is 5.16 Å². The van der Waals surface area contributed by atoms with Crippen LogP contribution in [0.2, 0.25) is 0 Å². The van der Waals surface area contributed by atoms with E-state index in [1.807, 2.05) is 0 Å². The number of oxime groups is 1. The van der Waals surface area contributed by atoms with Crippen molar-refractivity contribution in [1.82, 2.24) is 9.80 Å². The van der Waals surface area contributed by atoms with Crippen molar-refractivity contribution < 1.29 is 5.21 Å². The molecule has 2 aliphatic heterocycles. The van der Waals surface area contributed by atoms with Crippen molar-refractivity contribution in [2.24, 2.45) is 11.1 Å². The fraction of sp³-hybridized carbons (Fsp3) is 0.933. The Hall–Kier alpha value is -0.610. The van der Waals surface area contributed by atoms with Gasteiger partial charge in [-0.15, -0.1) is 0 Å². The summed E-state index contributed by atoms with van der Waals surface area (Å²) in [6, 6.07) is 0.779. The topological polar surface area (TPSA) is 39.1 Å². The lowest BCUT2D eigenvalue weighted by molar-refractivity contribution is 0.146. The maximum Gasteiger partial charge on any atom is 0.0627 e. The van der Waals surface area contributed by atoms with Gasteiger partial charge in [0, 0.05) is 31.5 Å². The van der Waals surface area contributed by atoms with Gasteiger partial charge < -0.3 is 15.0 Å². The lowest BCUT2D eigenvalue weighted by atomic mass is 9.92. The minimum Gasteiger partial charge on any atom is -0.411 e. The Morgan fingerprint density at radius 2 is 2.16 bits per heavy atom. The molecule has 2 fully saturated rings. The van der Waals surface area contributed by atoms with Crippen LogP contribution < -0.4 is 0 Å². The van der Waals surface area contributed by atoms with Crippen molar-refractivity contribution in [3.63, 3.8) is 0 Å². The predicted octanol–water partition coefficient (Wildman–Crippen LogP) is 2.42. The molecular weight excluding hydrogens is 238 g/mol. The van der Waals surface area contributed by atoms with Crippen LogP contribution in [0.1, 0.15) is 45.4 Å². The van der Waals surface area contributed by atoms with Gasteiger partial charge in [0.2, 0.25) is 0 Å². The van der Waals surface area contributed by atoms with Gasteiger partial charge in [0.15, 0.2) is 0 Å². The van der Waals surface area contributed by atoms with E-state index < -0.39 is 0 Å². The van der Waals surface area contributed by atoms with E-state index in [2.05, 4.69) is 28.9 Å². The van der Waals surface area contributed by atoms with Gasteiger partial charge >= 0.3 is 0 Å². The van der Waals surface area contributed by atoms with E-state index in [4.69, 9.17) is 5.21 Å². The first-order valence-corrected chi connectivity index (χ1v) is 7.88. The van der Waals surface area contributed by atoms with Crippen LogP contribution in [0.3, 0.4) is 0 Å². The molecule has 0 amide bonds. The molecule has 0 aromatic heterocycles. The van der Waals surface area contributed by atoms with E-state index in [1.165, 1.54) is 38.8 Å². The molecule has 19 heavy (non-hydrogen) atoms. The highest BCUT2D eigenvalue weighted by atomic mass is 16.4. The first kappa shape index (κ1) is 14.8. The molecule has 110 valence electrons. The lowest BCUT2D eigenvalue weighted by Crippen LogP contribution is -2.44. The molecule has 2 heterocycles. The summed E-state index contributed by atoms with van der Waals surface area (Å²) in [6.07, 6.45) is 7.44. The Labute approximate surface area is 117 Å². The van der Waals surface area contributed by atoms with Crippen molar-refractivity contribution in [2.75, 3.05) is 33.2 Å². The molecule has 2 saturated heterocycles. The van der Waals surface area contributed by atoms with Gasteiger partial charge in [-0.25, -0.2) is 0 Å². The Morgan fingerprint density at radius 3 is 2.84 bits per heavy atom. The number of likely N-dealkylation sites (tertiary alicyclic amines) is 2. The standard InChI is InChI=1S/C15H29N3O/c1-3-13-12-18(11-8-15(13)16-19)10-7-14-6-4-5-9-17(14)2/h13-14,19H,3-12H2,1-2H3. The zero-order valence-corrected chi connectivity index (χ0v) is 12.5. The second kappa shape index (κ2) is 7.25. The molecule has 0 aliphatic carbocycles. The van der Waals surface area contributed by atoms with Gasteiger partial charge in [0.05, 0.1) is 5.71 Å². The highest BCUT2D eigenvalue weighted by molar-refractivity contribution is 5.87. The number of rotatable bonds is 4. The second-order valence-electron chi connectivity index (χ2n) is 6.17. The summed E-state index contributed by atoms with van der Waals surface area (Å²) in [6.45, 7) is 6.79. The summed E-state index contributed by atoms with van der Waals surface area (Å²) >= 11 is 0. The fourth-order valence-corrected chi connectivity index (χ4v) is 3.53. The van der Waals surface area contributed by atoms with Gasteiger partial charge in [0.1, 0.15) is 0 Å². The summed E-state index contributed by atoms with van der Waals surface area (Å²) in [4.78, 5) is 5.09. The monoisotopic (exact) mass is 267 g/mol. The molecule has 1 N–H and O–H groups in total. The molecule has 0 radical (unpaired) electrons. The molecule has 0 bridgehead atoms. The molecule has 4 nitrogen and oxygen atoms in total. The van der Waals surface area contributed by atoms with E-state index in [0.29, 0.717) is 5.92 Å². The van der Waals surface area contributed by atoms with Gasteiger partial charge in [-0.2, -0.15) is 0 Å². The highest BCUT2D eigenvalue weighted by Crippen LogP contribution is 2.21. The maximum absolute atomic E-state index is 9.01. The first-order chi connectivity index (χ1) is 9.24. The summed E-state index contributed by atoms with van der Waals surface area (Å²) in [7, 11) is 2.27. The molecule has 0 saturated carbocycles. The van der Waals surface area contributed by atoms with E-state index in [0.717, 1.165) is 37.7 Å². The Bertz CT molecular complexity index is 306. The van der Waals surface area contributed by atoms with E-state index in [-0.39, 0.29) is 0 Å². The second-order valence-corrected chi connectivity index (χ2v) is 6.17. The van der Waals surface area contributed by atoms with Crippen molar-refractivity contribution in [2.45, 2.75) is 51.5 Å². The van der Waals surface area contributed by atoms with E-state index >= 15 is 0 Å². The normalized spacial score (nSPS) is 32.8. The third-order valence-corrected chi connectivity index (χ3v) is 4.96. The van der Waals surface area contributed by atoms with Gasteiger partial charge in [-0.1, -0.05) is 18.5 Å². The lowest BCUT2D eigenvalue weighted by Gasteiger charge is -2.36. The summed E-state index contributed by atoms with van der Waals surface area (Å²) in [5.74, 6) is 0.461. The van der Waals surface area contributed by atoms with Crippen molar-refractivity contribution >= 4 is 5.71 Å². The molecule has 2 atom stereocenters. The highest BCUT2D eigenvalue weighted by Gasteiger charge is 2.26. The van der Waals surface area contributed by atoms with Crippen molar-refractivity contribution in [3.8, 4) is 0 Å². The van der Waals surface area contributed by atoms with Crippen molar-refractivity contribution in [1.29, 1.82) is 0 Å². The van der Waals surface area contributed by atoms with Crippen LogP contribution >= 0.6 is 0 Å². The molecular formula is C15H29N3O. The molecule has 2 unspecified atom stereocenters. The van der Waals surface area contributed by atoms with Crippen LogP contribution in [0.4, 0.5) is 0 Å². The molecule has 0 spiro atoms. The van der Waals surface area contributed by atoms with Crippen molar-refractivity contribution in [3.05, 3.63) is 0 Å². The average molecular weight is 267 g/mol. The summed E-state index contributed by atoms with van der Waals surface area (Å²) in [5, 5.41) is 12.5. The van der Waals surface area contributed by atoms with Gasteiger partial charge in [-0.3, -0.25) is 0 Å². The molecule has 0 aromatic rings. The fourth-order valence-electron chi connectivity index (χ4n) is 3.53. The third kappa shape index (κ3) is 3.93. The third-order valence-electron chi connectivity index (χ3n) is 4.96. The average Bonchev–Trinajstić information content (AvgIpc) is 2.46. The quantitative estimate of drug-likeness (QED) is 0.628. The van der Waals surface area contributed by atoms with Crippen LogP contribution in [-0.4, -0.2) is 60.0 Å². The van der Waals surface area contributed by atoms with Crippen LogP contribution in [0, 0.1) is 5.92 Å². The SMILES string of the molecule is CCC1CN(CCC2CCCCN2C)CCC1=NO. The zero-order valence-electron chi connectivity index (χ0n) is 12.5. The number of nitrogens with zero attached hydrogens (tertiary/aromatic N) is 3. The van der Waals surface area contributed by atoms with Crippen LogP contribution in [0.25, 0.3) is 0 Å². The van der Waals surface area contributed by atoms with Gasteiger partial charge in [-0.05, 0) is 45.8 Å². The summed E-state index contributed by atoms with van der Waals surface area (Å²) in [5.41, 5.74) is 1.01. The van der Waals surface area contributed by atoms with Gasteiger partial charge in [0.25, 0.3) is 0 Å². The largest absolute Gasteiger partial charge is 0.411 e.